The van der Waals surface area contributed by atoms with Gasteiger partial charge >= 0.3 is 0 Å². The normalized spacial score (nSPS) is 18.7. The molecule has 2 aromatic heterocycles. The number of hydrogen-bond acceptors (Lipinski definition) is 6. The molecule has 1 aliphatic heterocycles. The maximum Gasteiger partial charge on any atom is 0.253 e. The number of nitrogens with zero attached hydrogens (tertiary/aromatic N) is 4. The highest BCUT2D eigenvalue weighted by molar-refractivity contribution is 5.94. The fraction of sp³-hybridized carbons (Fsp3) is 0.348. The van der Waals surface area contributed by atoms with Gasteiger partial charge in [0.2, 0.25) is 0 Å². The Balaban J connectivity index is 1.49. The lowest BCUT2D eigenvalue weighted by Gasteiger charge is -2.29. The number of fused-ring (bicyclic) bond motifs is 1. The summed E-state index contributed by atoms with van der Waals surface area (Å²) in [5, 5.41) is 12.2. The van der Waals surface area contributed by atoms with Crippen molar-refractivity contribution in [2.24, 2.45) is 5.73 Å². The maximum atomic E-state index is 12.8. The number of pyridine rings is 2. The van der Waals surface area contributed by atoms with Crippen LogP contribution in [-0.4, -0.2) is 58.2 Å². The smallest absolute Gasteiger partial charge is 0.253 e. The fourth-order valence-electron chi connectivity index (χ4n) is 4.15. The molecule has 0 radical (unpaired) electrons. The zero-order chi connectivity index (χ0) is 21.3. The number of rotatable bonds is 5. The molecule has 1 unspecified atom stereocenters. The Labute approximate surface area is 176 Å². The number of carbonyl (C=O) groups is 1. The van der Waals surface area contributed by atoms with Crippen molar-refractivity contribution in [1.29, 1.82) is 0 Å². The van der Waals surface area contributed by atoms with E-state index in [0.29, 0.717) is 31.6 Å². The number of aromatic nitrogens is 2. The van der Waals surface area contributed by atoms with Crippen LogP contribution in [0.1, 0.15) is 28.0 Å². The van der Waals surface area contributed by atoms with E-state index >= 15 is 0 Å². The van der Waals surface area contributed by atoms with Crippen LogP contribution in [-0.2, 0) is 6.54 Å². The second-order valence-electron chi connectivity index (χ2n) is 8.13. The molecule has 3 N–H and O–H groups in total. The third kappa shape index (κ3) is 3.99. The minimum Gasteiger partial charge on any atom is -0.386 e. The molecule has 156 valence electrons. The van der Waals surface area contributed by atoms with Gasteiger partial charge in [-0.15, -0.1) is 0 Å². The van der Waals surface area contributed by atoms with Crippen LogP contribution < -0.4 is 10.6 Å². The number of amides is 1. The van der Waals surface area contributed by atoms with Gasteiger partial charge in [0, 0.05) is 61.4 Å². The van der Waals surface area contributed by atoms with E-state index in [9.17, 15) is 9.90 Å². The largest absolute Gasteiger partial charge is 0.386 e. The van der Waals surface area contributed by atoms with Crippen LogP contribution in [0.2, 0.25) is 0 Å². The first-order chi connectivity index (χ1) is 14.4. The van der Waals surface area contributed by atoms with Crippen LogP contribution in [0.5, 0.6) is 0 Å². The van der Waals surface area contributed by atoms with Crippen molar-refractivity contribution >= 4 is 22.5 Å². The molecular formula is C23H27N5O2. The van der Waals surface area contributed by atoms with Gasteiger partial charge < -0.3 is 20.6 Å². The Hall–Kier alpha value is -3.03. The third-order valence-electron chi connectivity index (χ3n) is 5.70. The van der Waals surface area contributed by atoms with E-state index in [4.69, 9.17) is 5.73 Å². The summed E-state index contributed by atoms with van der Waals surface area (Å²) in [6.07, 6.45) is 4.13. The van der Waals surface area contributed by atoms with E-state index in [0.717, 1.165) is 27.8 Å². The van der Waals surface area contributed by atoms with Crippen molar-refractivity contribution < 1.29 is 9.90 Å². The highest BCUT2D eigenvalue weighted by Gasteiger charge is 2.38. The number of benzene rings is 1. The quantitative estimate of drug-likeness (QED) is 0.675. The molecule has 0 bridgehead atoms. The Morgan fingerprint density at radius 2 is 2.07 bits per heavy atom. The molecule has 1 atom stereocenters. The van der Waals surface area contributed by atoms with Crippen LogP contribution in [0.25, 0.3) is 10.9 Å². The zero-order valence-electron chi connectivity index (χ0n) is 17.4. The summed E-state index contributed by atoms with van der Waals surface area (Å²) in [7, 11) is 1.73. The standard InChI is InChI=1S/C23H27N5O2/c1-16-11-21(19-13-25-9-7-20(19)26-16)28-10-8-23(30,15-28)14-27(2)22(29)18-5-3-17(12-24)4-6-18/h3-7,9,11,13,30H,8,10,12,14-15,24H2,1-2H3. The molecule has 7 heteroatoms. The van der Waals surface area contributed by atoms with Gasteiger partial charge in [-0.05, 0) is 43.2 Å². The van der Waals surface area contributed by atoms with Crippen molar-refractivity contribution in [2.45, 2.75) is 25.5 Å². The van der Waals surface area contributed by atoms with Crippen LogP contribution in [0.4, 0.5) is 5.69 Å². The van der Waals surface area contributed by atoms with E-state index in [1.807, 2.05) is 37.4 Å². The van der Waals surface area contributed by atoms with Crippen molar-refractivity contribution in [2.75, 3.05) is 31.6 Å². The summed E-state index contributed by atoms with van der Waals surface area (Å²) in [6.45, 7) is 3.83. The van der Waals surface area contributed by atoms with Crippen LogP contribution >= 0.6 is 0 Å². The lowest BCUT2D eigenvalue weighted by Crippen LogP contribution is -2.45. The van der Waals surface area contributed by atoms with Crippen molar-refractivity contribution in [3.63, 3.8) is 0 Å². The van der Waals surface area contributed by atoms with E-state index in [2.05, 4.69) is 14.9 Å². The molecule has 3 aromatic rings. The summed E-state index contributed by atoms with van der Waals surface area (Å²) in [6, 6.07) is 11.2. The van der Waals surface area contributed by atoms with E-state index in [1.54, 1.807) is 30.3 Å². The second kappa shape index (κ2) is 8.01. The summed E-state index contributed by atoms with van der Waals surface area (Å²) in [5.41, 5.74) is 9.06. The summed E-state index contributed by atoms with van der Waals surface area (Å²) < 4.78 is 0. The Kier molecular flexibility index (Phi) is 5.40. The van der Waals surface area contributed by atoms with Gasteiger partial charge in [-0.1, -0.05) is 12.1 Å². The van der Waals surface area contributed by atoms with E-state index in [1.165, 1.54) is 0 Å². The fourth-order valence-corrected chi connectivity index (χ4v) is 4.15. The third-order valence-corrected chi connectivity index (χ3v) is 5.70. The van der Waals surface area contributed by atoms with Crippen LogP contribution in [0.15, 0.2) is 48.8 Å². The van der Waals surface area contributed by atoms with Gasteiger partial charge in [0.25, 0.3) is 5.91 Å². The van der Waals surface area contributed by atoms with E-state index in [-0.39, 0.29) is 12.5 Å². The Bertz CT molecular complexity index is 1070. The predicted molar refractivity (Wildman–Crippen MR) is 117 cm³/mol. The lowest BCUT2D eigenvalue weighted by atomic mass is 10.0. The molecule has 0 aliphatic carbocycles. The van der Waals surface area contributed by atoms with Gasteiger partial charge in [0.15, 0.2) is 0 Å². The molecular weight excluding hydrogens is 378 g/mol. The van der Waals surface area contributed by atoms with Gasteiger partial charge in [-0.25, -0.2) is 0 Å². The Morgan fingerprint density at radius 3 is 2.80 bits per heavy atom. The summed E-state index contributed by atoms with van der Waals surface area (Å²) in [5.74, 6) is -0.111. The minimum absolute atomic E-state index is 0.111. The molecule has 1 aromatic carbocycles. The van der Waals surface area contributed by atoms with Gasteiger partial charge in [-0.2, -0.15) is 0 Å². The molecule has 0 saturated carbocycles. The predicted octanol–water partition coefficient (Wildman–Crippen LogP) is 2.11. The van der Waals surface area contributed by atoms with Gasteiger partial charge in [0.05, 0.1) is 12.1 Å². The van der Waals surface area contributed by atoms with Crippen LogP contribution in [0, 0.1) is 6.92 Å². The first-order valence-corrected chi connectivity index (χ1v) is 10.1. The first kappa shape index (κ1) is 20.3. The average molecular weight is 406 g/mol. The van der Waals surface area contributed by atoms with Crippen LogP contribution in [0.3, 0.4) is 0 Å². The molecule has 1 fully saturated rings. The topological polar surface area (TPSA) is 95.6 Å². The highest BCUT2D eigenvalue weighted by Crippen LogP contribution is 2.32. The molecule has 30 heavy (non-hydrogen) atoms. The molecule has 7 nitrogen and oxygen atoms in total. The summed E-state index contributed by atoms with van der Waals surface area (Å²) >= 11 is 0. The molecule has 0 spiro atoms. The number of aryl methyl sites for hydroxylation is 1. The monoisotopic (exact) mass is 405 g/mol. The SMILES string of the molecule is Cc1cc(N2CCC(O)(CN(C)C(=O)c3ccc(CN)cc3)C2)c2cnccc2n1. The van der Waals surface area contributed by atoms with Crippen molar-refractivity contribution in [3.05, 3.63) is 65.6 Å². The molecule has 1 aliphatic rings. The first-order valence-electron chi connectivity index (χ1n) is 10.1. The number of aliphatic hydroxyl groups is 1. The number of hydrogen-bond donors (Lipinski definition) is 2. The second-order valence-corrected chi connectivity index (χ2v) is 8.13. The lowest BCUT2D eigenvalue weighted by molar-refractivity contribution is 0.0264. The summed E-state index contributed by atoms with van der Waals surface area (Å²) in [4.78, 5) is 25.4. The number of likely N-dealkylation sites (N-methyl/N-ethyl adjacent to an activating group) is 1. The molecule has 1 saturated heterocycles. The molecule has 3 heterocycles. The zero-order valence-corrected chi connectivity index (χ0v) is 17.4. The number of β-amino-alcohol motifs (C(OH)–C–C–N with tert-alkyl or cyclic N) is 1. The number of anilines is 1. The van der Waals surface area contributed by atoms with Gasteiger partial charge in [0.1, 0.15) is 5.60 Å². The maximum absolute atomic E-state index is 12.8. The number of nitrogens with two attached hydrogens (primary N) is 1. The molecule has 4 rings (SSSR count). The number of carbonyl (C=O) groups excluding carboxylic acids is 1. The van der Waals surface area contributed by atoms with Gasteiger partial charge in [-0.3, -0.25) is 14.8 Å². The highest BCUT2D eigenvalue weighted by atomic mass is 16.3. The minimum atomic E-state index is -0.979. The Morgan fingerprint density at radius 1 is 1.30 bits per heavy atom. The van der Waals surface area contributed by atoms with Crippen molar-refractivity contribution in [3.8, 4) is 0 Å². The van der Waals surface area contributed by atoms with Crippen molar-refractivity contribution in [1.82, 2.24) is 14.9 Å². The van der Waals surface area contributed by atoms with E-state index < -0.39 is 5.60 Å². The average Bonchev–Trinajstić information content (AvgIpc) is 3.14. The molecule has 1 amide bonds.